The van der Waals surface area contributed by atoms with E-state index in [2.05, 4.69) is 4.98 Å². The van der Waals surface area contributed by atoms with Crippen LogP contribution in [0.2, 0.25) is 10.0 Å². The average molecular weight is 254 g/mol. The topological polar surface area (TPSA) is 62.8 Å². The van der Waals surface area contributed by atoms with Crippen molar-refractivity contribution in [3.05, 3.63) is 39.5 Å². The van der Waals surface area contributed by atoms with Gasteiger partial charge in [0, 0.05) is 5.39 Å². The summed E-state index contributed by atoms with van der Waals surface area (Å²) in [4.78, 5) is 4.23. The van der Waals surface area contributed by atoms with Gasteiger partial charge in [0.15, 0.2) is 0 Å². The molecular formula is C11H9Cl2N3. The van der Waals surface area contributed by atoms with E-state index in [9.17, 15) is 0 Å². The van der Waals surface area contributed by atoms with E-state index < -0.39 is 0 Å². The Hall–Kier alpha value is -1.32. The molecule has 0 spiro atoms. The number of aryl methyl sites for hydroxylation is 1. The van der Waals surface area contributed by atoms with Crippen molar-refractivity contribution in [1.82, 2.24) is 4.98 Å². The number of amidine groups is 1. The first-order valence-corrected chi connectivity index (χ1v) is 5.36. The van der Waals surface area contributed by atoms with Crippen molar-refractivity contribution in [3.63, 3.8) is 0 Å². The molecule has 0 atom stereocenters. The number of hydrogen-bond acceptors (Lipinski definition) is 2. The molecule has 1 aromatic heterocycles. The smallest absolute Gasteiger partial charge is 0.141 e. The summed E-state index contributed by atoms with van der Waals surface area (Å²) < 4.78 is 0. The van der Waals surface area contributed by atoms with E-state index in [0.717, 1.165) is 10.9 Å². The molecule has 0 aliphatic heterocycles. The van der Waals surface area contributed by atoms with Crippen LogP contribution in [0.25, 0.3) is 10.9 Å². The number of nitrogens with one attached hydrogen (secondary N) is 1. The van der Waals surface area contributed by atoms with Crippen molar-refractivity contribution in [2.24, 2.45) is 5.73 Å². The molecule has 5 heteroatoms. The van der Waals surface area contributed by atoms with E-state index in [0.29, 0.717) is 21.3 Å². The lowest BCUT2D eigenvalue weighted by Gasteiger charge is -2.07. The van der Waals surface area contributed by atoms with Gasteiger partial charge >= 0.3 is 0 Å². The summed E-state index contributed by atoms with van der Waals surface area (Å²) in [6.45, 7) is 1.92. The van der Waals surface area contributed by atoms with Crippen molar-refractivity contribution in [3.8, 4) is 0 Å². The lowest BCUT2D eigenvalue weighted by Crippen LogP contribution is -2.13. The fraction of sp³-hybridized carbons (Fsp3) is 0.0909. The first kappa shape index (κ1) is 11.2. The van der Waals surface area contributed by atoms with Crippen LogP contribution in [-0.4, -0.2) is 10.8 Å². The highest BCUT2D eigenvalue weighted by atomic mass is 35.5. The molecule has 2 aromatic rings. The second-order valence-electron chi connectivity index (χ2n) is 3.50. The van der Waals surface area contributed by atoms with E-state index >= 15 is 0 Å². The number of fused-ring (bicyclic) bond motifs is 1. The monoisotopic (exact) mass is 253 g/mol. The average Bonchev–Trinajstić information content (AvgIpc) is 2.23. The summed E-state index contributed by atoms with van der Waals surface area (Å²) in [7, 11) is 0. The molecule has 0 radical (unpaired) electrons. The van der Waals surface area contributed by atoms with Crippen LogP contribution in [-0.2, 0) is 0 Å². The van der Waals surface area contributed by atoms with Gasteiger partial charge in [0.05, 0.1) is 15.6 Å². The molecule has 82 valence electrons. The van der Waals surface area contributed by atoms with Crippen LogP contribution in [0.4, 0.5) is 0 Å². The van der Waals surface area contributed by atoms with Crippen molar-refractivity contribution in [2.45, 2.75) is 6.92 Å². The molecule has 1 aromatic carbocycles. The zero-order chi connectivity index (χ0) is 11.9. The number of benzene rings is 1. The maximum absolute atomic E-state index is 7.37. The number of nitrogens with two attached hydrogens (primary N) is 1. The van der Waals surface area contributed by atoms with Crippen molar-refractivity contribution >= 4 is 39.9 Å². The van der Waals surface area contributed by atoms with Gasteiger partial charge in [0.25, 0.3) is 0 Å². The summed E-state index contributed by atoms with van der Waals surface area (Å²) >= 11 is 12.0. The minimum atomic E-state index is -0.0824. The fourth-order valence-corrected chi connectivity index (χ4v) is 1.90. The molecule has 16 heavy (non-hydrogen) atoms. The van der Waals surface area contributed by atoms with E-state index in [1.54, 1.807) is 12.1 Å². The lowest BCUT2D eigenvalue weighted by molar-refractivity contribution is 1.28. The van der Waals surface area contributed by atoms with Gasteiger partial charge in [-0.3, -0.25) is 5.41 Å². The molecule has 0 saturated carbocycles. The molecule has 2 rings (SSSR count). The minimum Gasteiger partial charge on any atom is -0.382 e. The van der Waals surface area contributed by atoms with Crippen molar-refractivity contribution < 1.29 is 0 Å². The molecular weight excluding hydrogens is 245 g/mol. The standard InChI is InChI=1S/C11H9Cl2N3/c1-5-4-8(11(14)15)16-10-6(5)2-3-7(12)9(10)13/h2-4H,1H3,(H3,14,15). The second kappa shape index (κ2) is 3.92. The summed E-state index contributed by atoms with van der Waals surface area (Å²) in [5.74, 6) is -0.0824. The third-order valence-corrected chi connectivity index (χ3v) is 3.15. The van der Waals surface area contributed by atoms with Crippen LogP contribution in [0.5, 0.6) is 0 Å². The Morgan fingerprint density at radius 3 is 2.69 bits per heavy atom. The van der Waals surface area contributed by atoms with E-state index in [4.69, 9.17) is 34.3 Å². The molecule has 3 N–H and O–H groups in total. The molecule has 0 amide bonds. The molecule has 1 heterocycles. The lowest BCUT2D eigenvalue weighted by atomic mass is 10.1. The molecule has 3 nitrogen and oxygen atoms in total. The van der Waals surface area contributed by atoms with E-state index in [1.807, 2.05) is 13.0 Å². The van der Waals surface area contributed by atoms with Crippen LogP contribution in [0.3, 0.4) is 0 Å². The fourth-order valence-electron chi connectivity index (χ4n) is 1.54. The number of nitrogens with zero attached hydrogens (tertiary/aromatic N) is 1. The third-order valence-electron chi connectivity index (χ3n) is 2.36. The highest BCUT2D eigenvalue weighted by molar-refractivity contribution is 6.45. The minimum absolute atomic E-state index is 0.0824. The zero-order valence-electron chi connectivity index (χ0n) is 8.51. The molecule has 0 bridgehead atoms. The van der Waals surface area contributed by atoms with E-state index in [1.165, 1.54) is 0 Å². The number of aromatic nitrogens is 1. The van der Waals surface area contributed by atoms with Gasteiger partial charge in [-0.05, 0) is 24.6 Å². The number of hydrogen-bond donors (Lipinski definition) is 2. The molecule has 0 unspecified atom stereocenters. The molecule has 0 saturated heterocycles. The van der Waals surface area contributed by atoms with Crippen LogP contribution in [0.1, 0.15) is 11.3 Å². The normalized spacial score (nSPS) is 10.7. The molecule has 0 aliphatic rings. The van der Waals surface area contributed by atoms with Gasteiger partial charge < -0.3 is 5.73 Å². The third kappa shape index (κ3) is 1.72. The maximum atomic E-state index is 7.37. The van der Waals surface area contributed by atoms with Gasteiger partial charge in [0.1, 0.15) is 11.5 Å². The van der Waals surface area contributed by atoms with Gasteiger partial charge in [-0.2, -0.15) is 0 Å². The maximum Gasteiger partial charge on any atom is 0.141 e. The summed E-state index contributed by atoms with van der Waals surface area (Å²) in [5, 5.41) is 9.13. The first-order valence-electron chi connectivity index (χ1n) is 4.60. The van der Waals surface area contributed by atoms with Crippen LogP contribution in [0, 0.1) is 12.3 Å². The van der Waals surface area contributed by atoms with Crippen LogP contribution >= 0.6 is 23.2 Å². The van der Waals surface area contributed by atoms with Gasteiger partial charge in [-0.1, -0.05) is 29.3 Å². The predicted octanol–water partition coefficient (Wildman–Crippen LogP) is 3.13. The Kier molecular flexibility index (Phi) is 2.74. The molecule has 0 fully saturated rings. The summed E-state index contributed by atoms with van der Waals surface area (Å²) in [6.07, 6.45) is 0. The Balaban J connectivity index is 2.88. The predicted molar refractivity (Wildman–Crippen MR) is 67.5 cm³/mol. The van der Waals surface area contributed by atoms with Crippen LogP contribution < -0.4 is 5.73 Å². The highest BCUT2D eigenvalue weighted by Crippen LogP contribution is 2.31. The Bertz CT molecular complexity index is 593. The van der Waals surface area contributed by atoms with Gasteiger partial charge in [-0.25, -0.2) is 4.98 Å². The number of nitrogen functional groups attached to an aromatic ring is 1. The van der Waals surface area contributed by atoms with Crippen molar-refractivity contribution in [2.75, 3.05) is 0 Å². The Morgan fingerprint density at radius 2 is 2.06 bits per heavy atom. The number of pyridine rings is 1. The summed E-state index contributed by atoms with van der Waals surface area (Å²) in [6, 6.07) is 5.35. The van der Waals surface area contributed by atoms with Gasteiger partial charge in [0.2, 0.25) is 0 Å². The number of rotatable bonds is 1. The SMILES string of the molecule is Cc1cc(C(=N)N)nc2c(Cl)c(Cl)ccc12. The van der Waals surface area contributed by atoms with Crippen LogP contribution in [0.15, 0.2) is 18.2 Å². The number of halogens is 2. The molecule has 0 aliphatic carbocycles. The van der Waals surface area contributed by atoms with E-state index in [-0.39, 0.29) is 5.84 Å². The first-order chi connectivity index (χ1) is 7.50. The van der Waals surface area contributed by atoms with Crippen molar-refractivity contribution in [1.29, 1.82) is 5.41 Å². The zero-order valence-corrected chi connectivity index (χ0v) is 10.0. The van der Waals surface area contributed by atoms with Gasteiger partial charge in [-0.15, -0.1) is 0 Å². The Morgan fingerprint density at radius 1 is 1.38 bits per heavy atom. The second-order valence-corrected chi connectivity index (χ2v) is 4.28. The quantitative estimate of drug-likeness (QED) is 0.606. The largest absolute Gasteiger partial charge is 0.382 e. The highest BCUT2D eigenvalue weighted by Gasteiger charge is 2.10. The summed E-state index contributed by atoms with van der Waals surface area (Å²) in [5.41, 5.74) is 7.37. The Labute approximate surface area is 103 Å².